The Kier molecular flexibility index (Phi) is 21.3. The number of aliphatic hydroxyl groups is 18. The summed E-state index contributed by atoms with van der Waals surface area (Å²) >= 11 is 0. The van der Waals surface area contributed by atoms with Gasteiger partial charge in [0, 0.05) is 13.8 Å². The number of rotatable bonds is 18. The van der Waals surface area contributed by atoms with Gasteiger partial charge in [-0.1, -0.05) is 0 Å². The van der Waals surface area contributed by atoms with Gasteiger partial charge in [-0.2, -0.15) is 0 Å². The quantitative estimate of drug-likeness (QED) is 0.0606. The van der Waals surface area contributed by atoms with Crippen LogP contribution in [0.1, 0.15) is 13.8 Å². The predicted molar refractivity (Wildman–Crippen MR) is 222 cm³/mol. The van der Waals surface area contributed by atoms with Crippen molar-refractivity contribution in [2.75, 3.05) is 39.6 Å². The molecule has 6 aliphatic heterocycles. The molecule has 33 heteroatoms. The Morgan fingerprint density at radius 1 is 0.329 bits per heavy atom. The zero-order chi connectivity index (χ0) is 53.9. The van der Waals surface area contributed by atoms with Gasteiger partial charge in [-0.3, -0.25) is 9.59 Å². The van der Waals surface area contributed by atoms with E-state index in [1.54, 1.807) is 0 Å². The lowest BCUT2D eigenvalue weighted by atomic mass is 9.93. The van der Waals surface area contributed by atoms with E-state index in [2.05, 4.69) is 10.6 Å². The van der Waals surface area contributed by atoms with E-state index in [-0.39, 0.29) is 0 Å². The highest BCUT2D eigenvalue weighted by molar-refractivity contribution is 5.73. The number of carbonyl (C=O) groups is 2. The van der Waals surface area contributed by atoms with Crippen molar-refractivity contribution in [1.82, 2.24) is 10.6 Å². The Balaban J connectivity index is 1.22. The van der Waals surface area contributed by atoms with Gasteiger partial charge in [0.15, 0.2) is 37.7 Å². The first-order chi connectivity index (χ1) is 34.5. The van der Waals surface area contributed by atoms with Crippen molar-refractivity contribution < 1.29 is 154 Å². The van der Waals surface area contributed by atoms with Crippen LogP contribution in [0, 0.1) is 0 Å². The molecule has 30 atom stereocenters. The SMILES string of the molecule is CC(=O)N[C@H]1[C@H](O[C@H]2[C@@H](O)[C@@H](CO)O[C@@H](O[C@H]3[C@@H](O)[C@@H](CO)O[C@@H](O[C@@H]4[C@H](O)[C@@H](O)[C@H](O[C@H]5[C@H](O)[C@@H](O)[C@H](O)O[C@@H]5CO)O[C@@H]4CO)[C@@H]3NC(C)=O)[C@@H]2O)O[C@H](CO)[C@H](O[C@@H]2O[C@H](CO)[C@H](O)[C@H](O)[C@H]2O)[C@@H]1O. The van der Waals surface area contributed by atoms with Crippen LogP contribution >= 0.6 is 0 Å². The molecule has 6 fully saturated rings. The molecule has 6 rings (SSSR count). The molecule has 6 heterocycles. The third-order valence-electron chi connectivity index (χ3n) is 13.2. The standard InChI is InChI=1S/C40H68N2O31/c1-9(49)41-17-22(54)30(70-38-27(59)23(55)19(51)11(3-43)65-38)15(7-47)67-36(17)73-34-21(53)13(5-45)66-40(29(34)61)72-33-18(42-10(2)50)37(64-12(4-44)20(33)52)69-32-16(8-48)68-39(28(60)25(32)57)71-31-14(6-46)63-35(62)26(58)24(31)56/h11-40,43-48,51-62H,3-8H2,1-2H3,(H,41,49)(H,42,50)/t11-,12-,13-,14-,15-,16-,17-,18-,19+,20+,21+,22-,23+,24-,25-,26-,27-,28-,29-,30+,31-,32+,33-,34+,35-,36+,37+,38+,39+,40+/m1/s1. The monoisotopic (exact) mass is 1070 g/mol. The van der Waals surface area contributed by atoms with Crippen LogP contribution in [0.2, 0.25) is 0 Å². The minimum absolute atomic E-state index is 0.835. The van der Waals surface area contributed by atoms with Crippen LogP contribution in [0.25, 0.3) is 0 Å². The van der Waals surface area contributed by atoms with Crippen LogP contribution in [0.4, 0.5) is 0 Å². The number of aliphatic hydroxyl groups excluding tert-OH is 18. The summed E-state index contributed by atoms with van der Waals surface area (Å²) in [4.78, 5) is 25.2. The lowest BCUT2D eigenvalue weighted by Crippen LogP contribution is -2.71. The van der Waals surface area contributed by atoms with Crippen molar-refractivity contribution in [1.29, 1.82) is 0 Å². The zero-order valence-electron chi connectivity index (χ0n) is 38.9. The molecule has 6 aliphatic rings. The van der Waals surface area contributed by atoms with Gasteiger partial charge >= 0.3 is 0 Å². The molecule has 0 aromatic carbocycles. The normalized spacial score (nSPS) is 49.8. The van der Waals surface area contributed by atoms with E-state index in [0.29, 0.717) is 0 Å². The van der Waals surface area contributed by atoms with E-state index < -0.39 is 236 Å². The summed E-state index contributed by atoms with van der Waals surface area (Å²) in [5, 5.41) is 196. The van der Waals surface area contributed by atoms with Gasteiger partial charge in [-0.15, -0.1) is 0 Å². The summed E-state index contributed by atoms with van der Waals surface area (Å²) in [6.07, 6.45) is -53.0. The lowest BCUT2D eigenvalue weighted by Gasteiger charge is -2.51. The van der Waals surface area contributed by atoms with Gasteiger partial charge < -0.3 is 155 Å². The minimum Gasteiger partial charge on any atom is -0.394 e. The van der Waals surface area contributed by atoms with Gasteiger partial charge in [-0.05, 0) is 0 Å². The first-order valence-corrected chi connectivity index (χ1v) is 23.1. The predicted octanol–water partition coefficient (Wildman–Crippen LogP) is -13.8. The highest BCUT2D eigenvalue weighted by Gasteiger charge is 2.58. The first kappa shape index (κ1) is 60.0. The summed E-state index contributed by atoms with van der Waals surface area (Å²) in [5.74, 6) is -1.70. The lowest BCUT2D eigenvalue weighted by molar-refractivity contribution is -0.385. The number of amides is 2. The van der Waals surface area contributed by atoms with Crippen LogP contribution in [-0.4, -0.2) is 327 Å². The Morgan fingerprint density at radius 2 is 0.658 bits per heavy atom. The summed E-state index contributed by atoms with van der Waals surface area (Å²) in [6, 6.07) is -3.52. The van der Waals surface area contributed by atoms with Crippen LogP contribution in [-0.2, 0) is 61.7 Å². The van der Waals surface area contributed by atoms with Crippen molar-refractivity contribution >= 4 is 11.8 Å². The number of hydrogen-bond acceptors (Lipinski definition) is 31. The molecule has 0 spiro atoms. The van der Waals surface area contributed by atoms with E-state index >= 15 is 0 Å². The average molecular weight is 1070 g/mol. The second-order valence-corrected chi connectivity index (χ2v) is 18.2. The maximum Gasteiger partial charge on any atom is 0.217 e. The molecule has 0 unspecified atom stereocenters. The molecule has 0 aliphatic carbocycles. The van der Waals surface area contributed by atoms with Gasteiger partial charge in [0.25, 0.3) is 0 Å². The third kappa shape index (κ3) is 12.9. The molecule has 0 bridgehead atoms. The fourth-order valence-corrected chi connectivity index (χ4v) is 9.32. The van der Waals surface area contributed by atoms with E-state index in [4.69, 9.17) is 52.1 Å². The van der Waals surface area contributed by atoms with E-state index in [9.17, 15) is 102 Å². The summed E-state index contributed by atoms with van der Waals surface area (Å²) < 4.78 is 62.6. The Labute approximate surface area is 413 Å². The molecular formula is C40H68N2O31. The fraction of sp³-hybridized carbons (Fsp3) is 0.950. The molecule has 0 saturated carbocycles. The first-order valence-electron chi connectivity index (χ1n) is 23.1. The highest BCUT2D eigenvalue weighted by atomic mass is 16.8. The van der Waals surface area contributed by atoms with Crippen LogP contribution in [0.5, 0.6) is 0 Å². The Bertz CT molecular complexity index is 1740. The Morgan fingerprint density at radius 3 is 1.16 bits per heavy atom. The molecule has 73 heavy (non-hydrogen) atoms. The number of ether oxygens (including phenoxy) is 11. The van der Waals surface area contributed by atoms with E-state index in [0.717, 1.165) is 13.8 Å². The van der Waals surface area contributed by atoms with Crippen LogP contribution in [0.15, 0.2) is 0 Å². The maximum absolute atomic E-state index is 12.7. The van der Waals surface area contributed by atoms with Gasteiger partial charge in [0.2, 0.25) is 11.8 Å². The highest BCUT2D eigenvalue weighted by Crippen LogP contribution is 2.37. The fourth-order valence-electron chi connectivity index (χ4n) is 9.32. The molecule has 2 amide bonds. The smallest absolute Gasteiger partial charge is 0.217 e. The number of carbonyl (C=O) groups excluding carboxylic acids is 2. The molecule has 0 aromatic rings. The van der Waals surface area contributed by atoms with Crippen LogP contribution in [0.3, 0.4) is 0 Å². The molecule has 33 nitrogen and oxygen atoms in total. The van der Waals surface area contributed by atoms with Crippen LogP contribution < -0.4 is 10.6 Å². The van der Waals surface area contributed by atoms with Gasteiger partial charge in [-0.25, -0.2) is 0 Å². The second kappa shape index (κ2) is 26.0. The molecule has 0 aromatic heterocycles. The Hall–Kier alpha value is -2.22. The van der Waals surface area contributed by atoms with Crippen molar-refractivity contribution in [3.05, 3.63) is 0 Å². The molecule has 20 N–H and O–H groups in total. The number of nitrogens with one attached hydrogen (secondary N) is 2. The topological polar surface area (TPSA) is 524 Å². The molecule has 6 saturated heterocycles. The largest absolute Gasteiger partial charge is 0.394 e. The van der Waals surface area contributed by atoms with E-state index in [1.165, 1.54) is 0 Å². The van der Waals surface area contributed by atoms with Crippen molar-refractivity contribution in [3.63, 3.8) is 0 Å². The summed E-state index contributed by atoms with van der Waals surface area (Å²) in [7, 11) is 0. The minimum atomic E-state index is -2.24. The van der Waals surface area contributed by atoms with Crippen molar-refractivity contribution in [2.24, 2.45) is 0 Å². The number of hydrogen-bond donors (Lipinski definition) is 20. The van der Waals surface area contributed by atoms with E-state index in [1.807, 2.05) is 0 Å². The van der Waals surface area contributed by atoms with Gasteiger partial charge in [0.05, 0.1) is 39.6 Å². The molecule has 424 valence electrons. The van der Waals surface area contributed by atoms with Crippen molar-refractivity contribution in [3.8, 4) is 0 Å². The molecular weight excluding hydrogens is 1000 g/mol. The van der Waals surface area contributed by atoms with Gasteiger partial charge in [0.1, 0.15) is 146 Å². The second-order valence-electron chi connectivity index (χ2n) is 18.2. The van der Waals surface area contributed by atoms with Crippen molar-refractivity contribution in [2.45, 2.75) is 198 Å². The average Bonchev–Trinajstić information content (AvgIpc) is 3.36. The maximum atomic E-state index is 12.7. The molecule has 0 radical (unpaired) electrons. The zero-order valence-corrected chi connectivity index (χ0v) is 38.9. The third-order valence-corrected chi connectivity index (χ3v) is 13.2. The summed E-state index contributed by atoms with van der Waals surface area (Å²) in [6.45, 7) is -3.81. The summed E-state index contributed by atoms with van der Waals surface area (Å²) in [5.41, 5.74) is 0.